The van der Waals surface area contributed by atoms with Gasteiger partial charge in [0.05, 0.1) is 4.88 Å². The fraction of sp³-hybridized carbons (Fsp3) is 0.643. The Morgan fingerprint density at radius 1 is 1.39 bits per heavy atom. The number of aryl methyl sites for hydroxylation is 2. The van der Waals surface area contributed by atoms with Crippen molar-refractivity contribution in [1.82, 2.24) is 10.2 Å². The van der Waals surface area contributed by atoms with E-state index >= 15 is 0 Å². The van der Waals surface area contributed by atoms with Gasteiger partial charge in [-0.3, -0.25) is 4.79 Å². The Morgan fingerprint density at radius 3 is 3.22 bits per heavy atom. The number of hydrogen-bond acceptors (Lipinski definition) is 3. The van der Waals surface area contributed by atoms with Crippen LogP contribution in [-0.2, 0) is 12.8 Å². The van der Waals surface area contributed by atoms with Crippen LogP contribution in [-0.4, -0.2) is 36.5 Å². The molecule has 0 saturated carbocycles. The monoisotopic (exact) mass is 262 g/mol. The van der Waals surface area contributed by atoms with Crippen LogP contribution in [0.25, 0.3) is 0 Å². The van der Waals surface area contributed by atoms with Gasteiger partial charge in [-0.15, -0.1) is 11.3 Å². The second-order valence-corrected chi connectivity index (χ2v) is 6.82. The third kappa shape index (κ3) is 1.55. The van der Waals surface area contributed by atoms with Gasteiger partial charge >= 0.3 is 0 Å². The first-order valence-corrected chi connectivity index (χ1v) is 7.78. The minimum Gasteiger partial charge on any atom is -0.333 e. The predicted molar refractivity (Wildman–Crippen MR) is 72.1 cm³/mol. The van der Waals surface area contributed by atoms with E-state index in [4.69, 9.17) is 0 Å². The van der Waals surface area contributed by atoms with Crippen molar-refractivity contribution in [2.24, 2.45) is 5.92 Å². The van der Waals surface area contributed by atoms with Crippen molar-refractivity contribution in [3.8, 4) is 0 Å². The lowest BCUT2D eigenvalue weighted by Crippen LogP contribution is -2.38. The van der Waals surface area contributed by atoms with E-state index in [0.29, 0.717) is 12.0 Å². The molecule has 1 N–H and O–H groups in total. The lowest BCUT2D eigenvalue weighted by atomic mass is 10.1. The van der Waals surface area contributed by atoms with Crippen molar-refractivity contribution in [2.75, 3.05) is 19.6 Å². The number of fused-ring (bicyclic) bond motifs is 2. The van der Waals surface area contributed by atoms with Gasteiger partial charge < -0.3 is 10.2 Å². The smallest absolute Gasteiger partial charge is 0.264 e. The molecule has 1 aromatic rings. The van der Waals surface area contributed by atoms with E-state index in [9.17, 15) is 4.79 Å². The van der Waals surface area contributed by atoms with E-state index in [1.807, 2.05) is 0 Å². The van der Waals surface area contributed by atoms with Crippen LogP contribution in [0.2, 0.25) is 0 Å². The Balaban J connectivity index is 1.58. The molecule has 0 bridgehead atoms. The molecule has 0 spiro atoms. The van der Waals surface area contributed by atoms with Crippen LogP contribution < -0.4 is 5.32 Å². The zero-order valence-electron chi connectivity index (χ0n) is 10.4. The molecule has 4 rings (SSSR count). The van der Waals surface area contributed by atoms with Gasteiger partial charge in [0.25, 0.3) is 5.91 Å². The van der Waals surface area contributed by atoms with Crippen LogP contribution in [0.3, 0.4) is 0 Å². The maximum Gasteiger partial charge on any atom is 0.264 e. The summed E-state index contributed by atoms with van der Waals surface area (Å²) < 4.78 is 0. The fourth-order valence-electron chi connectivity index (χ4n) is 3.68. The molecule has 2 atom stereocenters. The van der Waals surface area contributed by atoms with Gasteiger partial charge in [-0.25, -0.2) is 0 Å². The Morgan fingerprint density at radius 2 is 2.33 bits per heavy atom. The van der Waals surface area contributed by atoms with E-state index in [1.165, 1.54) is 36.1 Å². The lowest BCUT2D eigenvalue weighted by Gasteiger charge is -2.22. The van der Waals surface area contributed by atoms with Gasteiger partial charge in [0, 0.05) is 30.6 Å². The molecule has 0 aromatic carbocycles. The SMILES string of the molecule is O=C(c1cc2c(s1)CCC2)N1CC[C@H]2CNC[C@H]21. The summed E-state index contributed by atoms with van der Waals surface area (Å²) in [6, 6.07) is 2.61. The van der Waals surface area contributed by atoms with E-state index < -0.39 is 0 Å². The normalized spacial score (nSPS) is 29.7. The van der Waals surface area contributed by atoms with Gasteiger partial charge in [-0.05, 0) is 43.2 Å². The molecular formula is C14H18N2OS. The number of carbonyl (C=O) groups excluding carboxylic acids is 1. The summed E-state index contributed by atoms with van der Waals surface area (Å²) in [7, 11) is 0. The lowest BCUT2D eigenvalue weighted by molar-refractivity contribution is 0.0742. The second-order valence-electron chi connectivity index (χ2n) is 5.69. The molecule has 1 aliphatic carbocycles. The number of hydrogen-bond donors (Lipinski definition) is 1. The largest absolute Gasteiger partial charge is 0.333 e. The number of amides is 1. The molecule has 2 saturated heterocycles. The van der Waals surface area contributed by atoms with Crippen molar-refractivity contribution >= 4 is 17.2 Å². The highest BCUT2D eigenvalue weighted by Gasteiger charge is 2.40. The van der Waals surface area contributed by atoms with Crippen LogP contribution in [0.15, 0.2) is 6.07 Å². The minimum absolute atomic E-state index is 0.283. The van der Waals surface area contributed by atoms with Crippen LogP contribution in [0.5, 0.6) is 0 Å². The molecule has 4 heteroatoms. The van der Waals surface area contributed by atoms with Crippen LogP contribution >= 0.6 is 11.3 Å². The van der Waals surface area contributed by atoms with Crippen molar-refractivity contribution < 1.29 is 4.79 Å². The highest BCUT2D eigenvalue weighted by molar-refractivity contribution is 7.14. The predicted octanol–water partition coefficient (Wildman–Crippen LogP) is 1.67. The van der Waals surface area contributed by atoms with E-state index in [0.717, 1.165) is 24.5 Å². The molecule has 1 amide bonds. The summed E-state index contributed by atoms with van der Waals surface area (Å²) >= 11 is 1.74. The second kappa shape index (κ2) is 4.07. The fourth-order valence-corrected chi connectivity index (χ4v) is 4.89. The number of nitrogens with zero attached hydrogens (tertiary/aromatic N) is 1. The molecule has 2 fully saturated rings. The summed E-state index contributed by atoms with van der Waals surface area (Å²) in [5.74, 6) is 0.978. The van der Waals surface area contributed by atoms with Crippen LogP contribution in [0.4, 0.5) is 0 Å². The third-order valence-electron chi connectivity index (χ3n) is 4.66. The number of carbonyl (C=O) groups is 1. The molecule has 3 aliphatic rings. The van der Waals surface area contributed by atoms with Gasteiger partial charge in [0.1, 0.15) is 0 Å². The Labute approximate surface area is 111 Å². The summed E-state index contributed by atoms with van der Waals surface area (Å²) in [5.41, 5.74) is 1.43. The molecule has 3 nitrogen and oxygen atoms in total. The number of nitrogens with one attached hydrogen (secondary N) is 1. The Bertz CT molecular complexity index is 474. The first kappa shape index (κ1) is 11.0. The van der Waals surface area contributed by atoms with Crippen molar-refractivity contribution in [3.05, 3.63) is 21.4 Å². The molecule has 0 radical (unpaired) electrons. The van der Waals surface area contributed by atoms with Crippen molar-refractivity contribution in [3.63, 3.8) is 0 Å². The van der Waals surface area contributed by atoms with Crippen molar-refractivity contribution in [2.45, 2.75) is 31.7 Å². The van der Waals surface area contributed by atoms with E-state index in [2.05, 4.69) is 16.3 Å². The maximum atomic E-state index is 12.6. The van der Waals surface area contributed by atoms with Crippen molar-refractivity contribution in [1.29, 1.82) is 0 Å². The number of thiophene rings is 1. The Hall–Kier alpha value is -0.870. The number of likely N-dealkylation sites (tertiary alicyclic amines) is 1. The molecule has 3 heterocycles. The summed E-state index contributed by atoms with van der Waals surface area (Å²) in [6.45, 7) is 3.04. The first-order valence-electron chi connectivity index (χ1n) is 6.96. The topological polar surface area (TPSA) is 32.3 Å². The van der Waals surface area contributed by atoms with Crippen LogP contribution in [0.1, 0.15) is 33.0 Å². The van der Waals surface area contributed by atoms with E-state index in [1.54, 1.807) is 11.3 Å². The summed E-state index contributed by atoms with van der Waals surface area (Å²) in [4.78, 5) is 17.2. The van der Waals surface area contributed by atoms with Gasteiger partial charge in [-0.1, -0.05) is 0 Å². The molecule has 1 aromatic heterocycles. The molecule has 96 valence electrons. The molecule has 2 aliphatic heterocycles. The minimum atomic E-state index is 0.283. The summed E-state index contributed by atoms with van der Waals surface area (Å²) in [6.07, 6.45) is 4.80. The van der Waals surface area contributed by atoms with Gasteiger partial charge in [-0.2, -0.15) is 0 Å². The Kier molecular flexibility index (Phi) is 2.49. The van der Waals surface area contributed by atoms with Gasteiger partial charge in [0.2, 0.25) is 0 Å². The zero-order chi connectivity index (χ0) is 12.1. The maximum absolute atomic E-state index is 12.6. The van der Waals surface area contributed by atoms with Crippen LogP contribution in [0, 0.1) is 5.92 Å². The summed E-state index contributed by atoms with van der Waals surface area (Å²) in [5, 5.41) is 3.41. The highest BCUT2D eigenvalue weighted by atomic mass is 32.1. The average Bonchev–Trinajstić information content (AvgIpc) is 3.07. The molecule has 0 unspecified atom stereocenters. The quantitative estimate of drug-likeness (QED) is 0.835. The van der Waals surface area contributed by atoms with E-state index in [-0.39, 0.29) is 5.91 Å². The zero-order valence-corrected chi connectivity index (χ0v) is 11.3. The number of rotatable bonds is 1. The standard InChI is InChI=1S/C14H18N2OS/c17-14(13-6-9-2-1-3-12(9)18-13)16-5-4-10-7-15-8-11(10)16/h6,10-11,15H,1-5,7-8H2/t10-,11+/m0/s1. The first-order chi connectivity index (χ1) is 8.83. The highest BCUT2D eigenvalue weighted by Crippen LogP contribution is 2.34. The van der Waals surface area contributed by atoms with Gasteiger partial charge in [0.15, 0.2) is 0 Å². The molecule has 18 heavy (non-hydrogen) atoms. The third-order valence-corrected chi connectivity index (χ3v) is 5.89. The average molecular weight is 262 g/mol. The molecular weight excluding hydrogens is 244 g/mol.